The average Bonchev–Trinajstić information content (AvgIpc) is 3.53. The number of hydrogen-bond acceptors (Lipinski definition) is 1. The molecule has 0 aliphatic heterocycles. The smallest absolute Gasteiger partial charge is 0.136 e. The molecular weight excluding hydrogens is 486 g/mol. The highest BCUT2D eigenvalue weighted by atomic mass is 16.3. The van der Waals surface area contributed by atoms with E-state index in [0.29, 0.717) is 0 Å². The molecule has 2 nitrogen and oxygen atoms in total. The fourth-order valence-electron chi connectivity index (χ4n) is 6.23. The van der Waals surface area contributed by atoms with Crippen LogP contribution in [0.4, 0.5) is 0 Å². The second-order valence-electron chi connectivity index (χ2n) is 10.7. The summed E-state index contributed by atoms with van der Waals surface area (Å²) in [5.74, 6) is 0. The van der Waals surface area contributed by atoms with E-state index < -0.39 is 0 Å². The molecule has 2 heteroatoms. The standard InChI is InChI=1S/C38H27NO/c1-24-14-17-26(18-15-24)29-10-7-13-36-38(29)32-21-19-27(22-37(32)40-36)33-23-28(20-16-25(33)2)39-34-11-5-3-8-30(34)31-9-4-6-12-35(31)39/h3-23H,1-2H3. The quantitative estimate of drug-likeness (QED) is 0.230. The van der Waals surface area contributed by atoms with Crippen LogP contribution in [0.25, 0.3) is 71.7 Å². The zero-order chi connectivity index (χ0) is 26.8. The van der Waals surface area contributed by atoms with E-state index in [2.05, 4.69) is 146 Å². The summed E-state index contributed by atoms with van der Waals surface area (Å²) in [7, 11) is 0. The highest BCUT2D eigenvalue weighted by Gasteiger charge is 2.16. The number of benzene rings is 6. The fraction of sp³-hybridized carbons (Fsp3) is 0.0526. The van der Waals surface area contributed by atoms with E-state index >= 15 is 0 Å². The summed E-state index contributed by atoms with van der Waals surface area (Å²) in [5, 5.41) is 4.86. The van der Waals surface area contributed by atoms with Gasteiger partial charge in [0.2, 0.25) is 0 Å². The van der Waals surface area contributed by atoms with Crippen LogP contribution in [0.2, 0.25) is 0 Å². The van der Waals surface area contributed by atoms with Crippen molar-refractivity contribution in [3.63, 3.8) is 0 Å². The third-order valence-electron chi connectivity index (χ3n) is 8.23. The first-order valence-electron chi connectivity index (χ1n) is 13.8. The molecule has 2 aromatic heterocycles. The zero-order valence-electron chi connectivity index (χ0n) is 22.5. The molecule has 2 heterocycles. The van der Waals surface area contributed by atoms with Crippen molar-refractivity contribution in [3.8, 4) is 27.9 Å². The van der Waals surface area contributed by atoms with Crippen molar-refractivity contribution in [3.05, 3.63) is 139 Å². The topological polar surface area (TPSA) is 18.1 Å². The Labute approximate surface area is 232 Å². The Hall–Kier alpha value is -5.08. The third-order valence-corrected chi connectivity index (χ3v) is 8.23. The van der Waals surface area contributed by atoms with Gasteiger partial charge in [0.15, 0.2) is 0 Å². The first-order valence-corrected chi connectivity index (χ1v) is 13.8. The molecule has 0 saturated carbocycles. The van der Waals surface area contributed by atoms with Crippen molar-refractivity contribution in [1.29, 1.82) is 0 Å². The largest absolute Gasteiger partial charge is 0.456 e. The minimum Gasteiger partial charge on any atom is -0.456 e. The Morgan fingerprint density at radius 2 is 1.20 bits per heavy atom. The molecule has 0 N–H and O–H groups in total. The summed E-state index contributed by atoms with van der Waals surface area (Å²) in [4.78, 5) is 0. The van der Waals surface area contributed by atoms with Gasteiger partial charge in [0.25, 0.3) is 0 Å². The van der Waals surface area contributed by atoms with E-state index in [1.54, 1.807) is 0 Å². The van der Waals surface area contributed by atoms with Crippen LogP contribution in [-0.2, 0) is 0 Å². The lowest BCUT2D eigenvalue weighted by atomic mass is 9.96. The van der Waals surface area contributed by atoms with Gasteiger partial charge in [-0.05, 0) is 84.1 Å². The summed E-state index contributed by atoms with van der Waals surface area (Å²) in [6, 6.07) is 45.8. The molecule has 8 rings (SSSR count). The van der Waals surface area contributed by atoms with E-state index in [1.165, 1.54) is 55.0 Å². The summed E-state index contributed by atoms with van der Waals surface area (Å²) in [6.45, 7) is 4.31. The van der Waals surface area contributed by atoms with Crippen LogP contribution < -0.4 is 0 Å². The van der Waals surface area contributed by atoms with Gasteiger partial charge >= 0.3 is 0 Å². The van der Waals surface area contributed by atoms with Crippen LogP contribution >= 0.6 is 0 Å². The van der Waals surface area contributed by atoms with Crippen LogP contribution in [-0.4, -0.2) is 4.57 Å². The van der Waals surface area contributed by atoms with E-state index in [9.17, 15) is 0 Å². The van der Waals surface area contributed by atoms with Gasteiger partial charge in [-0.3, -0.25) is 0 Å². The first-order chi connectivity index (χ1) is 19.7. The SMILES string of the molecule is Cc1ccc(-c2cccc3oc4cc(-c5cc(-n6c7ccccc7c7ccccc76)ccc5C)ccc4c23)cc1. The van der Waals surface area contributed by atoms with Crippen LogP contribution in [0, 0.1) is 13.8 Å². The van der Waals surface area contributed by atoms with Crippen molar-refractivity contribution in [2.45, 2.75) is 13.8 Å². The normalized spacial score (nSPS) is 11.8. The van der Waals surface area contributed by atoms with Gasteiger partial charge in [-0.25, -0.2) is 0 Å². The number of rotatable bonds is 3. The van der Waals surface area contributed by atoms with E-state index in [0.717, 1.165) is 27.8 Å². The minimum atomic E-state index is 0.911. The van der Waals surface area contributed by atoms with Gasteiger partial charge in [-0.15, -0.1) is 0 Å². The Balaban J connectivity index is 1.31. The molecule has 0 bridgehead atoms. The van der Waals surface area contributed by atoms with E-state index in [1.807, 2.05) is 0 Å². The van der Waals surface area contributed by atoms with Gasteiger partial charge in [-0.1, -0.05) is 90.5 Å². The summed E-state index contributed by atoms with van der Waals surface area (Å²) in [6.07, 6.45) is 0. The lowest BCUT2D eigenvalue weighted by Gasteiger charge is -2.13. The molecule has 0 amide bonds. The van der Waals surface area contributed by atoms with Gasteiger partial charge in [0.05, 0.1) is 11.0 Å². The average molecular weight is 514 g/mol. The number of fused-ring (bicyclic) bond motifs is 6. The van der Waals surface area contributed by atoms with Crippen LogP contribution in [0.15, 0.2) is 132 Å². The molecule has 0 unspecified atom stereocenters. The van der Waals surface area contributed by atoms with Crippen LogP contribution in [0.1, 0.15) is 11.1 Å². The molecule has 190 valence electrons. The van der Waals surface area contributed by atoms with Crippen molar-refractivity contribution in [2.24, 2.45) is 0 Å². The molecule has 0 spiro atoms. The molecular formula is C38H27NO. The molecule has 8 aromatic rings. The molecule has 6 aromatic carbocycles. The lowest BCUT2D eigenvalue weighted by molar-refractivity contribution is 0.669. The number of nitrogens with zero attached hydrogens (tertiary/aromatic N) is 1. The van der Waals surface area contributed by atoms with Crippen LogP contribution in [0.5, 0.6) is 0 Å². The Bertz CT molecular complexity index is 2170. The number of aryl methyl sites for hydroxylation is 2. The molecule has 0 atom stereocenters. The predicted molar refractivity (Wildman–Crippen MR) is 168 cm³/mol. The maximum Gasteiger partial charge on any atom is 0.136 e. The Morgan fingerprint density at radius 3 is 1.95 bits per heavy atom. The number of para-hydroxylation sites is 2. The minimum absolute atomic E-state index is 0.911. The predicted octanol–water partition coefficient (Wildman–Crippen LogP) is 10.6. The van der Waals surface area contributed by atoms with Crippen LogP contribution in [0.3, 0.4) is 0 Å². The maximum absolute atomic E-state index is 6.45. The second-order valence-corrected chi connectivity index (χ2v) is 10.7. The molecule has 0 aliphatic rings. The third kappa shape index (κ3) is 3.43. The Morgan fingerprint density at radius 1 is 0.500 bits per heavy atom. The fourth-order valence-corrected chi connectivity index (χ4v) is 6.23. The Kier molecular flexibility index (Phi) is 4.99. The lowest BCUT2D eigenvalue weighted by Crippen LogP contribution is -1.95. The molecule has 0 saturated heterocycles. The molecule has 0 aliphatic carbocycles. The summed E-state index contributed by atoms with van der Waals surface area (Å²) >= 11 is 0. The van der Waals surface area contributed by atoms with Crippen molar-refractivity contribution in [2.75, 3.05) is 0 Å². The first kappa shape index (κ1) is 22.9. The van der Waals surface area contributed by atoms with Gasteiger partial charge in [-0.2, -0.15) is 0 Å². The number of furan rings is 1. The van der Waals surface area contributed by atoms with Gasteiger partial charge < -0.3 is 8.98 Å². The van der Waals surface area contributed by atoms with E-state index in [-0.39, 0.29) is 0 Å². The molecule has 0 fully saturated rings. The molecule has 0 radical (unpaired) electrons. The van der Waals surface area contributed by atoms with Crippen molar-refractivity contribution in [1.82, 2.24) is 4.57 Å². The monoisotopic (exact) mass is 513 g/mol. The van der Waals surface area contributed by atoms with Crippen molar-refractivity contribution < 1.29 is 4.42 Å². The van der Waals surface area contributed by atoms with Gasteiger partial charge in [0.1, 0.15) is 11.2 Å². The number of hydrogen-bond donors (Lipinski definition) is 0. The van der Waals surface area contributed by atoms with Crippen molar-refractivity contribution >= 4 is 43.7 Å². The zero-order valence-corrected chi connectivity index (χ0v) is 22.5. The van der Waals surface area contributed by atoms with Gasteiger partial charge in [0, 0.05) is 27.2 Å². The summed E-state index contributed by atoms with van der Waals surface area (Å²) in [5.41, 5.74) is 12.7. The molecule has 40 heavy (non-hydrogen) atoms. The second kappa shape index (κ2) is 8.72. The highest BCUT2D eigenvalue weighted by Crippen LogP contribution is 2.39. The summed E-state index contributed by atoms with van der Waals surface area (Å²) < 4.78 is 8.83. The highest BCUT2D eigenvalue weighted by molar-refractivity contribution is 6.13. The maximum atomic E-state index is 6.45. The number of aromatic nitrogens is 1. The van der Waals surface area contributed by atoms with E-state index in [4.69, 9.17) is 4.42 Å².